The van der Waals surface area contributed by atoms with E-state index in [1.165, 1.54) is 77.4 Å². The molecule has 0 aliphatic carbocycles. The second kappa shape index (κ2) is 11.6. The van der Waals surface area contributed by atoms with Crippen LogP contribution in [0, 0.1) is 0 Å². The molecule has 9 aromatic carbocycles. The summed E-state index contributed by atoms with van der Waals surface area (Å²) in [7, 11) is 0. The Kier molecular flexibility index (Phi) is 6.34. The lowest BCUT2D eigenvalue weighted by Crippen LogP contribution is -2.59. The molecule has 262 valence electrons. The summed E-state index contributed by atoms with van der Waals surface area (Å²) in [6, 6.07) is 68.4. The van der Waals surface area contributed by atoms with Gasteiger partial charge in [0.05, 0.1) is 0 Å². The smallest absolute Gasteiger partial charge is 0.329 e. The van der Waals surface area contributed by atoms with Crippen molar-refractivity contribution in [3.05, 3.63) is 188 Å². The highest BCUT2D eigenvalue weighted by Gasteiger charge is 2.43. The quantitative estimate of drug-likeness (QED) is 0.166. The molecule has 0 fully saturated rings. The van der Waals surface area contributed by atoms with Gasteiger partial charge < -0.3 is 14.3 Å². The zero-order chi connectivity index (χ0) is 37.2. The van der Waals surface area contributed by atoms with Gasteiger partial charge in [-0.1, -0.05) is 146 Å². The Bertz CT molecular complexity index is 3110. The Labute approximate surface area is 331 Å². The second-order valence-electron chi connectivity index (χ2n) is 15.5. The molecular formula is C52H31B2NO2. The highest BCUT2D eigenvalue weighted by atomic mass is 16.5. The number of rotatable bonds is 2. The van der Waals surface area contributed by atoms with Crippen LogP contribution in [-0.4, -0.2) is 13.6 Å². The van der Waals surface area contributed by atoms with Gasteiger partial charge in [0.1, 0.15) is 23.0 Å². The number of nitrogens with zero attached hydrogens (tertiary/aromatic N) is 1. The van der Waals surface area contributed by atoms with Gasteiger partial charge in [0.2, 0.25) is 0 Å². The molecule has 4 aliphatic heterocycles. The fourth-order valence-electron chi connectivity index (χ4n) is 10.2. The molecular weight excluding hydrogens is 692 g/mol. The van der Waals surface area contributed by atoms with Crippen molar-refractivity contribution in [2.45, 2.75) is 0 Å². The maximum atomic E-state index is 6.73. The average molecular weight is 723 g/mol. The van der Waals surface area contributed by atoms with Crippen molar-refractivity contribution in [1.82, 2.24) is 0 Å². The van der Waals surface area contributed by atoms with Crippen LogP contribution < -0.4 is 41.6 Å². The number of benzene rings is 9. The van der Waals surface area contributed by atoms with Crippen LogP contribution in [0.25, 0.3) is 55.3 Å². The first kappa shape index (κ1) is 31.0. The molecule has 0 saturated heterocycles. The van der Waals surface area contributed by atoms with E-state index in [1.807, 2.05) is 0 Å². The predicted octanol–water partition coefficient (Wildman–Crippen LogP) is 9.81. The fraction of sp³-hybridized carbons (Fsp3) is 0. The summed E-state index contributed by atoms with van der Waals surface area (Å²) >= 11 is 0. The number of fused-ring (bicyclic) bond motifs is 16. The normalized spacial score (nSPS) is 13.4. The van der Waals surface area contributed by atoms with Crippen molar-refractivity contribution in [1.29, 1.82) is 0 Å². The SMILES string of the molecule is c1ccc2c(c1)Oc1cc(-c3cccc4cccc(-c5ccc6c(c5)-c5ccccc5B5c7ccccc7-c7ccccc7N56)c34)cc3c1B2c1ccccc1O3. The summed E-state index contributed by atoms with van der Waals surface area (Å²) in [5.74, 6) is 3.48. The van der Waals surface area contributed by atoms with Gasteiger partial charge in [-0.3, -0.25) is 0 Å². The third kappa shape index (κ3) is 4.34. The molecule has 0 saturated carbocycles. The summed E-state index contributed by atoms with van der Waals surface area (Å²) in [5, 5.41) is 2.39. The zero-order valence-electron chi connectivity index (χ0n) is 30.8. The fourth-order valence-corrected chi connectivity index (χ4v) is 10.2. The molecule has 0 radical (unpaired) electrons. The molecule has 5 heteroatoms. The van der Waals surface area contributed by atoms with Gasteiger partial charge in [0, 0.05) is 28.0 Å². The van der Waals surface area contributed by atoms with Crippen LogP contribution in [0.15, 0.2) is 188 Å². The molecule has 0 aromatic heterocycles. The first-order valence-electron chi connectivity index (χ1n) is 19.7. The lowest BCUT2D eigenvalue weighted by atomic mass is 9.35. The van der Waals surface area contributed by atoms with E-state index in [2.05, 4.69) is 193 Å². The summed E-state index contributed by atoms with van der Waals surface area (Å²) in [5.41, 5.74) is 18.2. The molecule has 13 rings (SSSR count). The summed E-state index contributed by atoms with van der Waals surface area (Å²) in [4.78, 5) is 2.57. The highest BCUT2D eigenvalue weighted by Crippen LogP contribution is 2.48. The van der Waals surface area contributed by atoms with Crippen LogP contribution in [0.4, 0.5) is 11.4 Å². The Morgan fingerprint density at radius 2 is 0.860 bits per heavy atom. The van der Waals surface area contributed by atoms with E-state index in [4.69, 9.17) is 9.47 Å². The lowest BCUT2D eigenvalue weighted by molar-refractivity contribution is 0.465. The maximum Gasteiger partial charge on any atom is 0.329 e. The van der Waals surface area contributed by atoms with Gasteiger partial charge in [-0.2, -0.15) is 0 Å². The van der Waals surface area contributed by atoms with E-state index in [1.54, 1.807) is 0 Å². The third-order valence-electron chi connectivity index (χ3n) is 12.6. The Morgan fingerprint density at radius 1 is 0.351 bits per heavy atom. The van der Waals surface area contributed by atoms with Crippen LogP contribution in [0.3, 0.4) is 0 Å². The number of ether oxygens (including phenoxy) is 2. The number of para-hydroxylation sites is 3. The van der Waals surface area contributed by atoms with Gasteiger partial charge in [-0.25, -0.2) is 0 Å². The molecule has 0 amide bonds. The maximum absolute atomic E-state index is 6.73. The minimum absolute atomic E-state index is 0.0420. The summed E-state index contributed by atoms with van der Waals surface area (Å²) in [6.45, 7) is 0.128. The first-order valence-corrected chi connectivity index (χ1v) is 19.7. The van der Waals surface area contributed by atoms with Crippen molar-refractivity contribution < 1.29 is 9.47 Å². The minimum Gasteiger partial charge on any atom is -0.458 e. The van der Waals surface area contributed by atoms with Crippen LogP contribution in [-0.2, 0) is 0 Å². The molecule has 0 unspecified atom stereocenters. The van der Waals surface area contributed by atoms with Gasteiger partial charge in [-0.05, 0) is 108 Å². The first-order chi connectivity index (χ1) is 28.3. The van der Waals surface area contributed by atoms with E-state index in [0.29, 0.717) is 0 Å². The highest BCUT2D eigenvalue weighted by molar-refractivity contribution is 6.98. The number of hydrogen-bond donors (Lipinski definition) is 0. The zero-order valence-corrected chi connectivity index (χ0v) is 30.8. The van der Waals surface area contributed by atoms with Gasteiger partial charge >= 0.3 is 6.85 Å². The third-order valence-corrected chi connectivity index (χ3v) is 12.6. The van der Waals surface area contributed by atoms with E-state index < -0.39 is 0 Å². The van der Waals surface area contributed by atoms with Crippen LogP contribution in [0.2, 0.25) is 0 Å². The van der Waals surface area contributed by atoms with Crippen molar-refractivity contribution in [2.75, 3.05) is 4.81 Å². The van der Waals surface area contributed by atoms with E-state index in [-0.39, 0.29) is 13.6 Å². The summed E-state index contributed by atoms with van der Waals surface area (Å²) in [6.07, 6.45) is 0. The van der Waals surface area contributed by atoms with E-state index in [0.717, 1.165) is 39.6 Å². The topological polar surface area (TPSA) is 21.7 Å². The lowest BCUT2D eigenvalue weighted by Gasteiger charge is -2.43. The molecule has 9 aromatic rings. The number of anilines is 2. The minimum atomic E-state index is 0.0420. The van der Waals surface area contributed by atoms with Crippen LogP contribution in [0.1, 0.15) is 0 Å². The van der Waals surface area contributed by atoms with Crippen molar-refractivity contribution in [3.63, 3.8) is 0 Å². The molecule has 0 N–H and O–H groups in total. The van der Waals surface area contributed by atoms with Gasteiger partial charge in [0.25, 0.3) is 6.71 Å². The molecule has 0 bridgehead atoms. The standard InChI is InChI=1S/C52H31B2NO2/c1-4-20-41-37(15-1)39-17-3-8-24-45(39)55-46-28-27-33(29-40(46)38-16-2-5-21-42(38)54(41)55)35-18-11-13-32-14-12-19-36(51(32)35)34-30-49-52-50(31-34)57-48-26-10-7-23-44(48)53(52)43-22-6-9-25-47(43)56-49/h1-31H. The second-order valence-corrected chi connectivity index (χ2v) is 15.5. The predicted molar refractivity (Wildman–Crippen MR) is 237 cm³/mol. The van der Waals surface area contributed by atoms with Crippen molar-refractivity contribution in [2.24, 2.45) is 0 Å². The molecule has 0 atom stereocenters. The van der Waals surface area contributed by atoms with E-state index >= 15 is 0 Å². The van der Waals surface area contributed by atoms with Crippen molar-refractivity contribution >= 4 is 63.0 Å². The Hall–Kier alpha value is -7.23. The Morgan fingerprint density at radius 3 is 1.53 bits per heavy atom. The van der Waals surface area contributed by atoms with E-state index in [9.17, 15) is 0 Å². The largest absolute Gasteiger partial charge is 0.458 e. The summed E-state index contributed by atoms with van der Waals surface area (Å²) < 4.78 is 13.5. The number of hydrogen-bond acceptors (Lipinski definition) is 3. The van der Waals surface area contributed by atoms with Crippen molar-refractivity contribution in [3.8, 4) is 67.5 Å². The van der Waals surface area contributed by atoms with Crippen LogP contribution >= 0.6 is 0 Å². The Balaban J connectivity index is 1.00. The molecule has 4 heterocycles. The molecule has 0 spiro atoms. The molecule has 57 heavy (non-hydrogen) atoms. The van der Waals surface area contributed by atoms with Gasteiger partial charge in [-0.15, -0.1) is 0 Å². The molecule has 4 aliphatic rings. The average Bonchev–Trinajstić information content (AvgIpc) is 3.28. The van der Waals surface area contributed by atoms with Gasteiger partial charge in [0.15, 0.2) is 0 Å². The molecule has 3 nitrogen and oxygen atoms in total. The van der Waals surface area contributed by atoms with Crippen LogP contribution in [0.5, 0.6) is 23.0 Å². The monoisotopic (exact) mass is 723 g/mol.